The number of benzene rings is 1. The molecule has 2 aromatic rings. The van der Waals surface area contributed by atoms with Crippen LogP contribution in [0.3, 0.4) is 0 Å². The average molecular weight is 394 g/mol. The molecule has 0 aliphatic heterocycles. The topological polar surface area (TPSA) is 78.4 Å². The Kier molecular flexibility index (Phi) is 8.37. The number of thiazole rings is 1. The summed E-state index contributed by atoms with van der Waals surface area (Å²) in [6, 6.07) is 7.00. The molecule has 0 bridgehead atoms. The summed E-state index contributed by atoms with van der Waals surface area (Å²) < 4.78 is 0. The van der Waals surface area contributed by atoms with Gasteiger partial charge in [-0.2, -0.15) is 0 Å². The number of aliphatic imine (C=N–C) groups is 1. The van der Waals surface area contributed by atoms with Crippen molar-refractivity contribution in [1.82, 2.24) is 20.9 Å². The Balaban J connectivity index is 1.74. The van der Waals surface area contributed by atoms with Gasteiger partial charge in [-0.1, -0.05) is 23.7 Å². The van der Waals surface area contributed by atoms with Gasteiger partial charge in [0.1, 0.15) is 0 Å². The van der Waals surface area contributed by atoms with Crippen molar-refractivity contribution in [3.05, 3.63) is 50.9 Å². The molecule has 0 saturated heterocycles. The fourth-order valence-corrected chi connectivity index (χ4v) is 3.11. The molecule has 1 aromatic carbocycles. The molecule has 0 saturated carbocycles. The van der Waals surface area contributed by atoms with Gasteiger partial charge in [-0.05, 0) is 26.0 Å². The van der Waals surface area contributed by atoms with Gasteiger partial charge in [0.15, 0.2) is 5.96 Å². The second kappa shape index (κ2) is 10.8. The Bertz CT molecular complexity index is 747. The van der Waals surface area contributed by atoms with Crippen molar-refractivity contribution in [2.75, 3.05) is 26.2 Å². The Morgan fingerprint density at radius 3 is 2.69 bits per heavy atom. The number of carbonyl (C=O) groups excluding carboxylic acids is 1. The molecule has 1 heterocycles. The molecule has 0 fully saturated rings. The molecule has 0 aliphatic rings. The number of carbonyl (C=O) groups is 1. The quantitative estimate of drug-likeness (QED) is 0.366. The maximum Gasteiger partial charge on any atom is 0.252 e. The van der Waals surface area contributed by atoms with Crippen LogP contribution in [0.2, 0.25) is 5.02 Å². The van der Waals surface area contributed by atoms with Crippen LogP contribution in [0.4, 0.5) is 0 Å². The summed E-state index contributed by atoms with van der Waals surface area (Å²) in [5, 5.41) is 12.8. The number of aryl methyl sites for hydroxylation is 1. The van der Waals surface area contributed by atoms with E-state index in [0.717, 1.165) is 29.6 Å². The predicted octanol–water partition coefficient (Wildman–Crippen LogP) is 2.63. The number of amides is 1. The molecule has 0 spiro atoms. The van der Waals surface area contributed by atoms with E-state index < -0.39 is 0 Å². The normalized spacial score (nSPS) is 11.3. The number of nitrogens with zero attached hydrogens (tertiary/aromatic N) is 2. The van der Waals surface area contributed by atoms with E-state index in [2.05, 4.69) is 31.3 Å². The zero-order valence-corrected chi connectivity index (χ0v) is 16.6. The first-order valence-corrected chi connectivity index (χ1v) is 9.81. The molecule has 3 N–H and O–H groups in total. The minimum absolute atomic E-state index is 0.182. The van der Waals surface area contributed by atoms with E-state index in [1.807, 2.05) is 13.8 Å². The summed E-state index contributed by atoms with van der Waals surface area (Å²) in [5.74, 6) is 0.546. The highest BCUT2D eigenvalue weighted by Gasteiger charge is 2.08. The number of nitrogens with one attached hydrogen (secondary N) is 3. The number of rotatable bonds is 8. The standard InChI is InChI=1S/C18H24ClN5OS/c1-3-20-18(22-9-8-14-12-26-13(2)24-14)23-11-10-21-17(25)15-6-4-5-7-16(15)19/h4-7,12H,3,8-11H2,1-2H3,(H,21,25)(H2,20,22,23). The average Bonchev–Trinajstić information content (AvgIpc) is 3.04. The van der Waals surface area contributed by atoms with Crippen LogP contribution in [0.5, 0.6) is 0 Å². The van der Waals surface area contributed by atoms with Gasteiger partial charge >= 0.3 is 0 Å². The highest BCUT2D eigenvalue weighted by molar-refractivity contribution is 7.09. The van der Waals surface area contributed by atoms with Crippen LogP contribution in [0, 0.1) is 6.92 Å². The van der Waals surface area contributed by atoms with Crippen molar-refractivity contribution in [3.63, 3.8) is 0 Å². The molecule has 0 unspecified atom stereocenters. The van der Waals surface area contributed by atoms with Crippen molar-refractivity contribution < 1.29 is 4.79 Å². The lowest BCUT2D eigenvalue weighted by Crippen LogP contribution is -2.41. The first-order chi connectivity index (χ1) is 12.6. The molecule has 0 aliphatic carbocycles. The fraction of sp³-hybridized carbons (Fsp3) is 0.389. The van der Waals surface area contributed by atoms with Crippen molar-refractivity contribution in [2.24, 2.45) is 4.99 Å². The molecule has 26 heavy (non-hydrogen) atoms. The van der Waals surface area contributed by atoms with E-state index in [1.54, 1.807) is 35.6 Å². The first kappa shape index (κ1) is 20.2. The summed E-state index contributed by atoms with van der Waals surface area (Å²) in [6.07, 6.45) is 0.810. The van der Waals surface area contributed by atoms with Crippen LogP contribution < -0.4 is 16.0 Å². The summed E-state index contributed by atoms with van der Waals surface area (Å²) in [4.78, 5) is 21.1. The van der Waals surface area contributed by atoms with Gasteiger partial charge in [-0.3, -0.25) is 9.79 Å². The zero-order chi connectivity index (χ0) is 18.8. The van der Waals surface area contributed by atoms with Crippen molar-refractivity contribution in [3.8, 4) is 0 Å². The second-order valence-corrected chi connectivity index (χ2v) is 7.00. The van der Waals surface area contributed by atoms with Gasteiger partial charge in [-0.15, -0.1) is 11.3 Å². The molecular weight excluding hydrogens is 370 g/mol. The summed E-state index contributed by atoms with van der Waals surface area (Å²) in [6.45, 7) is 6.48. The van der Waals surface area contributed by atoms with Gasteiger partial charge in [0.2, 0.25) is 0 Å². The third-order valence-electron chi connectivity index (χ3n) is 3.47. The lowest BCUT2D eigenvalue weighted by atomic mass is 10.2. The van der Waals surface area contributed by atoms with Crippen molar-refractivity contribution in [2.45, 2.75) is 20.3 Å². The number of halogens is 1. The summed E-state index contributed by atoms with van der Waals surface area (Å²) in [7, 11) is 0. The third-order valence-corrected chi connectivity index (χ3v) is 4.62. The van der Waals surface area contributed by atoms with Gasteiger partial charge in [0, 0.05) is 38.0 Å². The Morgan fingerprint density at radius 1 is 1.23 bits per heavy atom. The number of aromatic nitrogens is 1. The molecular formula is C18H24ClN5OS. The highest BCUT2D eigenvalue weighted by atomic mass is 35.5. The highest BCUT2D eigenvalue weighted by Crippen LogP contribution is 2.14. The number of hydrogen-bond acceptors (Lipinski definition) is 4. The summed E-state index contributed by atoms with van der Waals surface area (Å²) in [5.41, 5.74) is 1.55. The van der Waals surface area contributed by atoms with E-state index in [4.69, 9.17) is 11.6 Å². The Hall–Kier alpha value is -2.12. The van der Waals surface area contributed by atoms with Crippen LogP contribution in [-0.4, -0.2) is 43.0 Å². The van der Waals surface area contributed by atoms with Crippen LogP contribution in [-0.2, 0) is 6.42 Å². The maximum atomic E-state index is 12.1. The van der Waals surface area contributed by atoms with Gasteiger partial charge in [0.05, 0.1) is 21.3 Å². The van der Waals surface area contributed by atoms with Crippen LogP contribution in [0.1, 0.15) is 28.0 Å². The SMILES string of the molecule is CCNC(=NCCc1csc(C)n1)NCCNC(=O)c1ccccc1Cl. The van der Waals surface area contributed by atoms with Crippen molar-refractivity contribution in [1.29, 1.82) is 0 Å². The lowest BCUT2D eigenvalue weighted by Gasteiger charge is -2.12. The van der Waals surface area contributed by atoms with Crippen molar-refractivity contribution >= 4 is 34.8 Å². The van der Waals surface area contributed by atoms with Gasteiger partial charge in [-0.25, -0.2) is 4.98 Å². The predicted molar refractivity (Wildman–Crippen MR) is 108 cm³/mol. The zero-order valence-electron chi connectivity index (χ0n) is 15.0. The number of guanidine groups is 1. The third kappa shape index (κ3) is 6.65. The largest absolute Gasteiger partial charge is 0.357 e. The minimum Gasteiger partial charge on any atom is -0.357 e. The molecule has 2 rings (SSSR count). The van der Waals surface area contributed by atoms with Gasteiger partial charge < -0.3 is 16.0 Å². The fourth-order valence-electron chi connectivity index (χ4n) is 2.24. The lowest BCUT2D eigenvalue weighted by molar-refractivity contribution is 0.0954. The molecule has 1 aromatic heterocycles. The molecule has 0 radical (unpaired) electrons. The maximum absolute atomic E-state index is 12.1. The minimum atomic E-state index is -0.182. The molecule has 6 nitrogen and oxygen atoms in total. The monoisotopic (exact) mass is 393 g/mol. The van der Waals surface area contributed by atoms with E-state index in [9.17, 15) is 4.79 Å². The van der Waals surface area contributed by atoms with E-state index in [-0.39, 0.29) is 5.91 Å². The Morgan fingerprint density at radius 2 is 2.00 bits per heavy atom. The van der Waals surface area contributed by atoms with E-state index in [1.165, 1.54) is 0 Å². The van der Waals surface area contributed by atoms with E-state index >= 15 is 0 Å². The van der Waals surface area contributed by atoms with Crippen LogP contribution in [0.15, 0.2) is 34.6 Å². The van der Waals surface area contributed by atoms with E-state index in [0.29, 0.717) is 30.2 Å². The molecule has 8 heteroatoms. The second-order valence-electron chi connectivity index (χ2n) is 5.53. The number of hydrogen-bond donors (Lipinski definition) is 3. The van der Waals surface area contributed by atoms with Gasteiger partial charge in [0.25, 0.3) is 5.91 Å². The molecule has 0 atom stereocenters. The first-order valence-electron chi connectivity index (χ1n) is 8.56. The summed E-state index contributed by atoms with van der Waals surface area (Å²) >= 11 is 7.67. The van der Waals surface area contributed by atoms with Crippen LogP contribution >= 0.6 is 22.9 Å². The molecule has 1 amide bonds. The smallest absolute Gasteiger partial charge is 0.252 e. The Labute approximate surface area is 163 Å². The van der Waals surface area contributed by atoms with Crippen LogP contribution in [0.25, 0.3) is 0 Å². The molecule has 140 valence electrons.